The second-order valence-electron chi connectivity index (χ2n) is 9.63. The van der Waals surface area contributed by atoms with E-state index in [1.165, 1.54) is 36.2 Å². The van der Waals surface area contributed by atoms with Crippen LogP contribution in [-0.4, -0.2) is 24.1 Å². The van der Waals surface area contributed by atoms with E-state index in [0.717, 1.165) is 11.1 Å². The van der Waals surface area contributed by atoms with Gasteiger partial charge in [0.2, 0.25) is 0 Å². The van der Waals surface area contributed by atoms with Gasteiger partial charge in [-0.25, -0.2) is 0 Å². The summed E-state index contributed by atoms with van der Waals surface area (Å²) in [7, 11) is 0.756. The molecule has 0 spiro atoms. The predicted octanol–water partition coefficient (Wildman–Crippen LogP) is 8.17. The highest BCUT2D eigenvalue weighted by molar-refractivity contribution is 9.08. The average Bonchev–Trinajstić information content (AvgIpc) is 3.08. The van der Waals surface area contributed by atoms with Crippen LogP contribution in [0.1, 0.15) is 11.1 Å². The number of alkyl halides is 1. The van der Waals surface area contributed by atoms with Crippen LogP contribution in [-0.2, 0) is 11.5 Å². The summed E-state index contributed by atoms with van der Waals surface area (Å²) in [6, 6.07) is 41.6. The molecule has 0 heterocycles. The highest BCUT2D eigenvalue weighted by atomic mass is 79.9. The number of nitrogens with zero attached hydrogens (tertiary/aromatic N) is 2. The Morgan fingerprint density at radius 1 is 0.600 bits per heavy atom. The molecule has 0 aliphatic rings. The maximum atomic E-state index is 11.6. The van der Waals surface area contributed by atoms with Crippen molar-refractivity contribution in [2.75, 3.05) is 14.2 Å². The zero-order valence-electron chi connectivity index (χ0n) is 24.6. The van der Waals surface area contributed by atoms with Crippen LogP contribution in [0.4, 0.5) is 11.4 Å². The molecular weight excluding hydrogens is 723 g/mol. The number of hydrogen-bond acceptors (Lipinski definition) is 6. The van der Waals surface area contributed by atoms with Crippen molar-refractivity contribution in [1.29, 1.82) is 0 Å². The molecular formula is C34H32Br2N2O6P+. The van der Waals surface area contributed by atoms with Crippen molar-refractivity contribution < 1.29 is 19.3 Å². The molecule has 5 aromatic carbocycles. The van der Waals surface area contributed by atoms with Crippen LogP contribution in [0.3, 0.4) is 0 Å². The summed E-state index contributed by atoms with van der Waals surface area (Å²) < 4.78 is 10.1. The Balaban J connectivity index is 0.000000333. The molecule has 0 aliphatic carbocycles. The minimum atomic E-state index is -2.11. The van der Waals surface area contributed by atoms with Gasteiger partial charge < -0.3 is 9.47 Å². The van der Waals surface area contributed by atoms with E-state index in [2.05, 4.69) is 88.7 Å². The number of halogens is 2. The Morgan fingerprint density at radius 3 is 1.29 bits per heavy atom. The third-order valence-corrected chi connectivity index (χ3v) is 12.1. The van der Waals surface area contributed by atoms with Gasteiger partial charge in [0, 0.05) is 17.5 Å². The lowest BCUT2D eigenvalue weighted by Crippen LogP contribution is -2.32. The van der Waals surface area contributed by atoms with Crippen LogP contribution < -0.4 is 25.4 Å². The SMILES string of the molecule is Br.COc1ccc(CBr)cc1[N+](=O)[O-].COc1ccc(C[P+](c2ccccc2)(c2ccccc2)c2ccccc2)cc1[N+](=O)[O-]. The van der Waals surface area contributed by atoms with Gasteiger partial charge in [0.25, 0.3) is 0 Å². The van der Waals surface area contributed by atoms with E-state index in [1.54, 1.807) is 24.3 Å². The first-order valence-corrected chi connectivity index (χ1v) is 16.7. The molecule has 11 heteroatoms. The molecule has 232 valence electrons. The number of rotatable bonds is 10. The Labute approximate surface area is 281 Å². The van der Waals surface area contributed by atoms with E-state index in [0.29, 0.717) is 11.5 Å². The van der Waals surface area contributed by atoms with Crippen LogP contribution in [0.15, 0.2) is 127 Å². The molecule has 0 aliphatic heterocycles. The fraction of sp³-hybridized carbons (Fsp3) is 0.118. The maximum absolute atomic E-state index is 11.6. The topological polar surface area (TPSA) is 105 Å². The number of benzene rings is 5. The molecule has 45 heavy (non-hydrogen) atoms. The molecule has 0 aromatic heterocycles. The van der Waals surface area contributed by atoms with Gasteiger partial charge in [-0.05, 0) is 59.7 Å². The molecule has 8 nitrogen and oxygen atoms in total. The molecule has 0 saturated heterocycles. The minimum Gasteiger partial charge on any atom is -0.490 e. The summed E-state index contributed by atoms with van der Waals surface area (Å²) in [6.07, 6.45) is 0.676. The average molecular weight is 755 g/mol. The standard InChI is InChI=1S/C26H23NO3P.C8H8BrNO3.BrH/c1-30-26-18-17-21(19-25(26)27(28)29)20-31(22-11-5-2-6-12-22,23-13-7-3-8-14-23)24-15-9-4-10-16-24;1-13-8-3-2-6(5-9)4-7(8)10(11)12;/h2-19H,20H2,1H3;2-4H,5H2,1H3;1H/q+1;;. The van der Waals surface area contributed by atoms with Crippen molar-refractivity contribution >= 4 is 67.5 Å². The molecule has 0 saturated carbocycles. The Kier molecular flexibility index (Phi) is 13.2. The highest BCUT2D eigenvalue weighted by Crippen LogP contribution is 2.58. The monoisotopic (exact) mass is 753 g/mol. The van der Waals surface area contributed by atoms with Gasteiger partial charge in [0.05, 0.1) is 30.2 Å². The second-order valence-corrected chi connectivity index (χ2v) is 13.7. The van der Waals surface area contributed by atoms with Crippen LogP contribution >= 0.6 is 40.2 Å². The first-order chi connectivity index (χ1) is 21.3. The van der Waals surface area contributed by atoms with Gasteiger partial charge in [0.1, 0.15) is 23.2 Å². The summed E-state index contributed by atoms with van der Waals surface area (Å²) in [5, 5.41) is 26.5. The van der Waals surface area contributed by atoms with Crippen LogP contribution in [0.2, 0.25) is 0 Å². The lowest BCUT2D eigenvalue weighted by atomic mass is 10.2. The largest absolute Gasteiger partial charge is 0.490 e. The third kappa shape index (κ3) is 8.34. The lowest BCUT2D eigenvalue weighted by Gasteiger charge is -2.27. The normalized spacial score (nSPS) is 10.5. The summed E-state index contributed by atoms with van der Waals surface area (Å²) in [4.78, 5) is 21.4. The Hall–Kier alpha value is -4.11. The summed E-state index contributed by atoms with van der Waals surface area (Å²) >= 11 is 3.22. The first-order valence-electron chi connectivity index (χ1n) is 13.6. The van der Waals surface area contributed by atoms with Gasteiger partial charge >= 0.3 is 11.4 Å². The summed E-state index contributed by atoms with van der Waals surface area (Å²) in [6.45, 7) is 0. The zero-order chi connectivity index (χ0) is 31.5. The van der Waals surface area contributed by atoms with Crippen LogP contribution in [0.5, 0.6) is 11.5 Å². The van der Waals surface area contributed by atoms with Crippen molar-refractivity contribution in [3.05, 3.63) is 159 Å². The predicted molar refractivity (Wildman–Crippen MR) is 191 cm³/mol. The molecule has 0 unspecified atom stereocenters. The van der Waals surface area contributed by atoms with Crippen molar-refractivity contribution in [3.63, 3.8) is 0 Å². The molecule has 0 amide bonds. The molecule has 0 radical (unpaired) electrons. The summed E-state index contributed by atoms with van der Waals surface area (Å²) in [5.41, 5.74) is 1.76. The highest BCUT2D eigenvalue weighted by Gasteiger charge is 2.45. The molecule has 0 bridgehead atoms. The quantitative estimate of drug-likeness (QED) is 0.0617. The molecule has 5 aromatic rings. The lowest BCUT2D eigenvalue weighted by molar-refractivity contribution is -0.385. The second kappa shape index (κ2) is 16.8. The Bertz CT molecular complexity index is 1610. The van der Waals surface area contributed by atoms with Crippen molar-refractivity contribution in [1.82, 2.24) is 0 Å². The van der Waals surface area contributed by atoms with Crippen molar-refractivity contribution in [3.8, 4) is 11.5 Å². The van der Waals surface area contributed by atoms with Crippen molar-refractivity contribution in [2.24, 2.45) is 0 Å². The number of ether oxygens (including phenoxy) is 2. The van der Waals surface area contributed by atoms with Crippen LogP contribution in [0, 0.1) is 20.2 Å². The van der Waals surface area contributed by atoms with E-state index >= 15 is 0 Å². The fourth-order valence-corrected chi connectivity index (χ4v) is 9.56. The van der Waals surface area contributed by atoms with E-state index in [9.17, 15) is 20.2 Å². The van der Waals surface area contributed by atoms with Gasteiger partial charge in [-0.3, -0.25) is 20.2 Å². The van der Waals surface area contributed by atoms with E-state index in [-0.39, 0.29) is 44.8 Å². The maximum Gasteiger partial charge on any atom is 0.311 e. The number of hydrogen-bond donors (Lipinski definition) is 0. The zero-order valence-corrected chi connectivity index (χ0v) is 28.8. The van der Waals surface area contributed by atoms with E-state index in [1.807, 2.05) is 24.3 Å². The van der Waals surface area contributed by atoms with Crippen molar-refractivity contribution in [2.45, 2.75) is 11.5 Å². The third-order valence-electron chi connectivity index (χ3n) is 7.04. The van der Waals surface area contributed by atoms with Gasteiger partial charge in [-0.2, -0.15) is 0 Å². The van der Waals surface area contributed by atoms with Gasteiger partial charge in [-0.15, -0.1) is 17.0 Å². The first kappa shape index (κ1) is 35.4. The molecule has 0 N–H and O–H groups in total. The fourth-order valence-electron chi connectivity index (χ4n) is 4.98. The van der Waals surface area contributed by atoms with Gasteiger partial charge in [0.15, 0.2) is 11.5 Å². The number of methoxy groups -OCH3 is 2. The Morgan fingerprint density at radius 2 is 0.956 bits per heavy atom. The molecule has 0 fully saturated rings. The van der Waals surface area contributed by atoms with Crippen LogP contribution in [0.25, 0.3) is 0 Å². The number of nitro benzene ring substituents is 2. The molecule has 5 rings (SSSR count). The van der Waals surface area contributed by atoms with E-state index < -0.39 is 12.2 Å². The van der Waals surface area contributed by atoms with Gasteiger partial charge in [-0.1, -0.05) is 82.7 Å². The smallest absolute Gasteiger partial charge is 0.311 e. The number of nitro groups is 2. The van der Waals surface area contributed by atoms with E-state index in [4.69, 9.17) is 9.47 Å². The summed E-state index contributed by atoms with van der Waals surface area (Å²) in [5.74, 6) is 0.562. The minimum absolute atomic E-state index is 0. The molecule has 0 atom stereocenters.